The van der Waals surface area contributed by atoms with Crippen LogP contribution in [0.15, 0.2) is 36.4 Å². The summed E-state index contributed by atoms with van der Waals surface area (Å²) >= 11 is 5.87. The Labute approximate surface area is 126 Å². The number of hydrogen-bond donors (Lipinski definition) is 1. The molecule has 0 radical (unpaired) electrons. The Morgan fingerprint density at radius 2 is 2.10 bits per heavy atom. The molecule has 0 aliphatic carbocycles. The van der Waals surface area contributed by atoms with Crippen molar-refractivity contribution in [3.8, 4) is 5.75 Å². The van der Waals surface area contributed by atoms with Crippen molar-refractivity contribution >= 4 is 23.3 Å². The largest absolute Gasteiger partial charge is 0.496 e. The standard InChI is InChI=1S/C15H13ClFNO3/c1-20-14-6-5-9(18)7-10(14)15(19)21-8-11-12(16)3-2-4-13(11)17/h2-7H,8,18H2,1H3. The lowest BCUT2D eigenvalue weighted by Crippen LogP contribution is -2.09. The first-order chi connectivity index (χ1) is 10.0. The molecule has 0 amide bonds. The topological polar surface area (TPSA) is 61.5 Å². The number of ether oxygens (including phenoxy) is 2. The minimum absolute atomic E-state index is 0.121. The predicted molar refractivity (Wildman–Crippen MR) is 77.9 cm³/mol. The summed E-state index contributed by atoms with van der Waals surface area (Å²) in [5.74, 6) is -0.873. The second-order valence-corrected chi connectivity index (χ2v) is 4.64. The molecule has 110 valence electrons. The van der Waals surface area contributed by atoms with Gasteiger partial charge >= 0.3 is 5.97 Å². The summed E-state index contributed by atoms with van der Waals surface area (Å²) in [6.07, 6.45) is 0. The lowest BCUT2D eigenvalue weighted by Gasteiger charge is -2.10. The first-order valence-electron chi connectivity index (χ1n) is 6.06. The van der Waals surface area contributed by atoms with Crippen LogP contribution < -0.4 is 10.5 Å². The molecule has 0 saturated heterocycles. The zero-order valence-corrected chi connectivity index (χ0v) is 12.0. The van der Waals surface area contributed by atoms with Gasteiger partial charge in [-0.25, -0.2) is 9.18 Å². The van der Waals surface area contributed by atoms with Crippen molar-refractivity contribution in [3.05, 3.63) is 58.4 Å². The fourth-order valence-corrected chi connectivity index (χ4v) is 1.99. The van der Waals surface area contributed by atoms with Crippen LogP contribution in [-0.4, -0.2) is 13.1 Å². The first kappa shape index (κ1) is 15.1. The number of halogens is 2. The first-order valence-corrected chi connectivity index (χ1v) is 6.44. The summed E-state index contributed by atoms with van der Waals surface area (Å²) < 4.78 is 23.7. The van der Waals surface area contributed by atoms with Crippen LogP contribution in [0.25, 0.3) is 0 Å². The van der Waals surface area contributed by atoms with Gasteiger partial charge in [-0.3, -0.25) is 0 Å². The third kappa shape index (κ3) is 3.44. The van der Waals surface area contributed by atoms with Crippen molar-refractivity contribution in [3.63, 3.8) is 0 Å². The summed E-state index contributed by atoms with van der Waals surface area (Å²) in [6, 6.07) is 8.84. The van der Waals surface area contributed by atoms with Crippen molar-refractivity contribution in [2.45, 2.75) is 6.61 Å². The maximum Gasteiger partial charge on any atom is 0.342 e. The van der Waals surface area contributed by atoms with Gasteiger partial charge in [-0.05, 0) is 30.3 Å². The highest BCUT2D eigenvalue weighted by atomic mass is 35.5. The van der Waals surface area contributed by atoms with E-state index in [2.05, 4.69) is 0 Å². The van der Waals surface area contributed by atoms with Crippen LogP contribution in [0.3, 0.4) is 0 Å². The fourth-order valence-electron chi connectivity index (χ4n) is 1.77. The lowest BCUT2D eigenvalue weighted by molar-refractivity contribution is 0.0465. The molecule has 0 unspecified atom stereocenters. The second kappa shape index (κ2) is 6.45. The lowest BCUT2D eigenvalue weighted by atomic mass is 10.2. The monoisotopic (exact) mass is 309 g/mol. The summed E-state index contributed by atoms with van der Waals surface area (Å²) in [5, 5.41) is 0.197. The summed E-state index contributed by atoms with van der Waals surface area (Å²) in [5.41, 5.74) is 6.32. The van der Waals surface area contributed by atoms with Gasteiger partial charge in [-0.15, -0.1) is 0 Å². The van der Waals surface area contributed by atoms with Crippen molar-refractivity contribution in [1.29, 1.82) is 0 Å². The van der Waals surface area contributed by atoms with Gasteiger partial charge in [0.1, 0.15) is 23.7 Å². The molecule has 0 atom stereocenters. The Bertz CT molecular complexity index is 656. The van der Waals surface area contributed by atoms with E-state index in [9.17, 15) is 9.18 Å². The van der Waals surface area contributed by atoms with E-state index in [0.717, 1.165) is 0 Å². The highest BCUT2D eigenvalue weighted by Gasteiger charge is 2.16. The molecule has 21 heavy (non-hydrogen) atoms. The zero-order valence-electron chi connectivity index (χ0n) is 11.2. The van der Waals surface area contributed by atoms with E-state index >= 15 is 0 Å². The fraction of sp³-hybridized carbons (Fsp3) is 0.133. The molecule has 0 heterocycles. The van der Waals surface area contributed by atoms with E-state index < -0.39 is 11.8 Å². The van der Waals surface area contributed by atoms with Gasteiger partial charge in [0, 0.05) is 11.3 Å². The van der Waals surface area contributed by atoms with Crippen LogP contribution in [0.5, 0.6) is 5.75 Å². The Morgan fingerprint density at radius 3 is 2.76 bits per heavy atom. The van der Waals surface area contributed by atoms with Gasteiger partial charge in [-0.2, -0.15) is 0 Å². The predicted octanol–water partition coefficient (Wildman–Crippen LogP) is 3.43. The van der Waals surface area contributed by atoms with Crippen molar-refractivity contribution in [2.24, 2.45) is 0 Å². The van der Waals surface area contributed by atoms with Crippen LogP contribution in [0, 0.1) is 5.82 Å². The number of carbonyl (C=O) groups excluding carboxylic acids is 1. The molecule has 0 spiro atoms. The molecule has 0 saturated carbocycles. The van der Waals surface area contributed by atoms with Gasteiger partial charge < -0.3 is 15.2 Å². The highest BCUT2D eigenvalue weighted by molar-refractivity contribution is 6.31. The van der Waals surface area contributed by atoms with Crippen LogP contribution in [0.2, 0.25) is 5.02 Å². The number of esters is 1. The number of carbonyl (C=O) groups is 1. The molecular formula is C15H13ClFNO3. The number of hydrogen-bond acceptors (Lipinski definition) is 4. The molecule has 0 aliphatic rings. The van der Waals surface area contributed by atoms with E-state index in [0.29, 0.717) is 11.4 Å². The third-order valence-corrected chi connectivity index (χ3v) is 3.21. The van der Waals surface area contributed by atoms with Crippen molar-refractivity contribution in [2.75, 3.05) is 12.8 Å². The SMILES string of the molecule is COc1ccc(N)cc1C(=O)OCc1c(F)cccc1Cl. The van der Waals surface area contributed by atoms with Crippen LogP contribution in [0.4, 0.5) is 10.1 Å². The van der Waals surface area contributed by atoms with Crippen LogP contribution in [-0.2, 0) is 11.3 Å². The van der Waals surface area contributed by atoms with E-state index in [4.69, 9.17) is 26.8 Å². The minimum atomic E-state index is -0.668. The third-order valence-electron chi connectivity index (χ3n) is 2.85. The number of benzene rings is 2. The molecule has 2 aromatic rings. The number of anilines is 1. The van der Waals surface area contributed by atoms with Crippen LogP contribution in [0.1, 0.15) is 15.9 Å². The van der Waals surface area contributed by atoms with Crippen molar-refractivity contribution < 1.29 is 18.7 Å². The molecule has 6 heteroatoms. The zero-order chi connectivity index (χ0) is 15.4. The van der Waals surface area contributed by atoms with Gasteiger partial charge in [0.15, 0.2) is 0 Å². The number of methoxy groups -OCH3 is 1. The molecule has 2 N–H and O–H groups in total. The normalized spacial score (nSPS) is 10.2. The maximum atomic E-state index is 13.6. The minimum Gasteiger partial charge on any atom is -0.496 e. The number of nitrogens with two attached hydrogens (primary N) is 1. The van der Waals surface area contributed by atoms with E-state index in [1.165, 1.54) is 31.4 Å². The molecular weight excluding hydrogens is 297 g/mol. The van der Waals surface area contributed by atoms with Gasteiger partial charge in [0.25, 0.3) is 0 Å². The Balaban J connectivity index is 2.17. The molecule has 2 aromatic carbocycles. The quantitative estimate of drug-likeness (QED) is 0.694. The molecule has 4 nitrogen and oxygen atoms in total. The maximum absolute atomic E-state index is 13.6. The van der Waals surface area contributed by atoms with Crippen molar-refractivity contribution in [1.82, 2.24) is 0 Å². The van der Waals surface area contributed by atoms with Gasteiger partial charge in [-0.1, -0.05) is 17.7 Å². The Kier molecular flexibility index (Phi) is 4.65. The Morgan fingerprint density at radius 1 is 1.33 bits per heavy atom. The summed E-state index contributed by atoms with van der Waals surface area (Å²) in [4.78, 5) is 12.0. The van der Waals surface area contributed by atoms with Crippen LogP contribution >= 0.6 is 11.6 Å². The summed E-state index contributed by atoms with van der Waals surface area (Å²) in [7, 11) is 1.43. The Hall–Kier alpha value is -2.27. The van der Waals surface area contributed by atoms with Gasteiger partial charge in [0.05, 0.1) is 12.1 Å². The smallest absolute Gasteiger partial charge is 0.342 e. The molecule has 2 rings (SSSR count). The second-order valence-electron chi connectivity index (χ2n) is 4.24. The van der Waals surface area contributed by atoms with E-state index in [-0.39, 0.29) is 22.8 Å². The van der Waals surface area contributed by atoms with E-state index in [1.807, 2.05) is 0 Å². The molecule has 0 fully saturated rings. The molecule has 0 bridgehead atoms. The average molecular weight is 310 g/mol. The van der Waals surface area contributed by atoms with Gasteiger partial charge in [0.2, 0.25) is 0 Å². The number of nitrogen functional groups attached to an aromatic ring is 1. The number of rotatable bonds is 4. The van der Waals surface area contributed by atoms with E-state index in [1.54, 1.807) is 12.1 Å². The highest BCUT2D eigenvalue weighted by Crippen LogP contribution is 2.24. The summed E-state index contributed by atoms with van der Waals surface area (Å²) in [6.45, 7) is -0.276. The molecule has 0 aliphatic heterocycles. The molecule has 0 aromatic heterocycles. The average Bonchev–Trinajstić information content (AvgIpc) is 2.46.